The first-order chi connectivity index (χ1) is 14.6. The van der Waals surface area contributed by atoms with Crippen LogP contribution in [0.2, 0.25) is 0 Å². The number of hydrogen-bond acceptors (Lipinski definition) is 3. The average Bonchev–Trinajstić information content (AvgIpc) is 3.51. The van der Waals surface area contributed by atoms with E-state index in [1.807, 2.05) is 36.4 Å². The summed E-state index contributed by atoms with van der Waals surface area (Å²) in [5.41, 5.74) is 4.80. The molecule has 0 radical (unpaired) electrons. The summed E-state index contributed by atoms with van der Waals surface area (Å²) in [5.74, 6) is 0.975. The number of H-pyrrole nitrogens is 1. The lowest BCUT2D eigenvalue weighted by Crippen LogP contribution is -2.25. The number of aromatic amines is 1. The fraction of sp³-hybridized carbons (Fsp3) is 0.208. The number of aromatic nitrogens is 3. The van der Waals surface area contributed by atoms with E-state index in [0.717, 1.165) is 23.1 Å². The summed E-state index contributed by atoms with van der Waals surface area (Å²) in [5, 5.41) is 3.08. The molecule has 6 nitrogen and oxygen atoms in total. The van der Waals surface area contributed by atoms with Gasteiger partial charge in [0.05, 0.1) is 5.52 Å². The zero-order valence-corrected chi connectivity index (χ0v) is 16.6. The molecule has 1 aliphatic rings. The zero-order chi connectivity index (χ0) is 20.7. The Labute approximate surface area is 173 Å². The highest BCUT2D eigenvalue weighted by Crippen LogP contribution is 2.46. The van der Waals surface area contributed by atoms with E-state index in [1.54, 1.807) is 13.2 Å². The van der Waals surface area contributed by atoms with Crippen molar-refractivity contribution in [2.24, 2.45) is 13.0 Å². The van der Waals surface area contributed by atoms with Crippen LogP contribution in [0.3, 0.4) is 0 Å². The van der Waals surface area contributed by atoms with Crippen LogP contribution in [-0.2, 0) is 7.05 Å². The third kappa shape index (κ3) is 3.41. The molecule has 1 amide bonds. The van der Waals surface area contributed by atoms with E-state index in [-0.39, 0.29) is 11.6 Å². The number of carbonyl (C=O) groups excluding carboxylic acids is 1. The number of hydrogen-bond donors (Lipinski definition) is 2. The van der Waals surface area contributed by atoms with Gasteiger partial charge in [-0.3, -0.25) is 14.3 Å². The predicted molar refractivity (Wildman–Crippen MR) is 116 cm³/mol. The maximum Gasteiger partial charge on any atom is 0.327 e. The van der Waals surface area contributed by atoms with Gasteiger partial charge in [0.2, 0.25) is 0 Å². The number of aryl methyl sites for hydroxylation is 1. The Kier molecular flexibility index (Phi) is 4.47. The van der Waals surface area contributed by atoms with Crippen molar-refractivity contribution in [1.82, 2.24) is 19.9 Å². The van der Waals surface area contributed by atoms with E-state index in [1.165, 1.54) is 10.1 Å². The third-order valence-electron chi connectivity index (χ3n) is 5.89. The Morgan fingerprint density at radius 3 is 2.80 bits per heavy atom. The van der Waals surface area contributed by atoms with Gasteiger partial charge in [0.1, 0.15) is 0 Å². The van der Waals surface area contributed by atoms with Crippen LogP contribution in [0, 0.1) is 5.92 Å². The third-order valence-corrected chi connectivity index (χ3v) is 5.89. The molecule has 30 heavy (non-hydrogen) atoms. The van der Waals surface area contributed by atoms with Crippen molar-refractivity contribution >= 4 is 17.1 Å². The minimum absolute atomic E-state index is 0.0707. The fourth-order valence-electron chi connectivity index (χ4n) is 4.01. The lowest BCUT2D eigenvalue weighted by atomic mass is 10.0. The summed E-state index contributed by atoms with van der Waals surface area (Å²) in [6.07, 6.45) is 2.83. The Morgan fingerprint density at radius 1 is 1.13 bits per heavy atom. The molecule has 150 valence electrons. The molecule has 2 atom stereocenters. The fourth-order valence-corrected chi connectivity index (χ4v) is 4.01. The van der Waals surface area contributed by atoms with Crippen LogP contribution in [0.25, 0.3) is 22.3 Å². The first-order valence-corrected chi connectivity index (χ1v) is 10.1. The van der Waals surface area contributed by atoms with Gasteiger partial charge in [-0.25, -0.2) is 9.78 Å². The van der Waals surface area contributed by atoms with Gasteiger partial charge in [-0.2, -0.15) is 0 Å². The van der Waals surface area contributed by atoms with Crippen LogP contribution < -0.4 is 11.0 Å². The smallest absolute Gasteiger partial charge is 0.327 e. The van der Waals surface area contributed by atoms with E-state index in [0.29, 0.717) is 29.6 Å². The van der Waals surface area contributed by atoms with Crippen LogP contribution in [-0.4, -0.2) is 27.0 Å². The number of carbonyl (C=O) groups is 1. The Hall–Kier alpha value is -3.67. The first-order valence-electron chi connectivity index (χ1n) is 10.1. The van der Waals surface area contributed by atoms with Gasteiger partial charge >= 0.3 is 5.69 Å². The highest BCUT2D eigenvalue weighted by Gasteiger charge is 2.38. The SMILES string of the molecule is Cn1c(=O)[nH]c2ncc(-c3cccc(C(=O)NC[C@H]4C[C@@H]4c4ccccc4)c3)cc21. The molecule has 0 aliphatic heterocycles. The zero-order valence-electron chi connectivity index (χ0n) is 16.6. The predicted octanol–water partition coefficient (Wildman–Crippen LogP) is 3.46. The highest BCUT2D eigenvalue weighted by molar-refractivity contribution is 5.95. The summed E-state index contributed by atoms with van der Waals surface area (Å²) in [6, 6.07) is 19.9. The second-order valence-electron chi connectivity index (χ2n) is 7.88. The molecule has 0 saturated heterocycles. The molecule has 1 aliphatic carbocycles. The number of imidazole rings is 1. The largest absolute Gasteiger partial charge is 0.352 e. The number of fused-ring (bicyclic) bond motifs is 1. The number of benzene rings is 2. The molecule has 2 N–H and O–H groups in total. The molecule has 0 bridgehead atoms. The summed E-state index contributed by atoms with van der Waals surface area (Å²) in [4.78, 5) is 31.5. The maximum atomic E-state index is 12.7. The normalized spacial score (nSPS) is 17.8. The van der Waals surface area contributed by atoms with Crippen LogP contribution in [0.4, 0.5) is 0 Å². The monoisotopic (exact) mass is 398 g/mol. The Morgan fingerprint density at radius 2 is 1.97 bits per heavy atom. The minimum atomic E-state index is -0.198. The quantitative estimate of drug-likeness (QED) is 0.540. The van der Waals surface area contributed by atoms with E-state index in [4.69, 9.17) is 0 Å². The van der Waals surface area contributed by atoms with Crippen molar-refractivity contribution in [3.05, 3.63) is 88.5 Å². The molecule has 2 aromatic heterocycles. The van der Waals surface area contributed by atoms with Gasteiger partial charge in [0.25, 0.3) is 5.91 Å². The topological polar surface area (TPSA) is 79.8 Å². The second-order valence-corrected chi connectivity index (χ2v) is 7.88. The van der Waals surface area contributed by atoms with Crippen molar-refractivity contribution in [3.8, 4) is 11.1 Å². The van der Waals surface area contributed by atoms with Gasteiger partial charge in [0.15, 0.2) is 5.65 Å². The number of nitrogens with zero attached hydrogens (tertiary/aromatic N) is 2. The molecule has 5 rings (SSSR count). The van der Waals surface area contributed by atoms with Crippen molar-refractivity contribution in [3.63, 3.8) is 0 Å². The Bertz CT molecular complexity index is 1290. The van der Waals surface area contributed by atoms with Crippen LogP contribution in [0.1, 0.15) is 28.3 Å². The molecule has 2 heterocycles. The van der Waals surface area contributed by atoms with Crippen LogP contribution in [0.15, 0.2) is 71.7 Å². The lowest BCUT2D eigenvalue weighted by Gasteiger charge is -2.08. The van der Waals surface area contributed by atoms with Gasteiger partial charge in [-0.05, 0) is 47.6 Å². The number of nitrogens with one attached hydrogen (secondary N) is 2. The minimum Gasteiger partial charge on any atom is -0.352 e. The molecule has 0 spiro atoms. The van der Waals surface area contributed by atoms with Crippen molar-refractivity contribution in [1.29, 1.82) is 0 Å². The highest BCUT2D eigenvalue weighted by atomic mass is 16.2. The second kappa shape index (κ2) is 7.30. The van der Waals surface area contributed by atoms with Gasteiger partial charge in [-0.1, -0.05) is 42.5 Å². The molecular formula is C24H22N4O2. The van der Waals surface area contributed by atoms with Crippen LogP contribution >= 0.6 is 0 Å². The number of amides is 1. The molecule has 1 fully saturated rings. The summed E-state index contributed by atoms with van der Waals surface area (Å²) < 4.78 is 1.53. The first kappa shape index (κ1) is 18.4. The molecule has 6 heteroatoms. The van der Waals surface area contributed by atoms with E-state index < -0.39 is 0 Å². The molecule has 2 aromatic carbocycles. The standard InChI is InChI=1S/C24H22N4O2/c1-28-21-12-18(13-25-22(21)27-24(28)30)16-8-5-9-17(10-16)23(29)26-14-19-11-20(19)15-6-3-2-4-7-15/h2-10,12-13,19-20H,11,14H2,1H3,(H,26,29)(H,25,27,30)/t19-,20-/m1/s1. The van der Waals surface area contributed by atoms with Crippen molar-refractivity contribution in [2.75, 3.05) is 6.54 Å². The van der Waals surface area contributed by atoms with E-state index in [2.05, 4.69) is 39.6 Å². The molecule has 0 unspecified atom stereocenters. The summed E-state index contributed by atoms with van der Waals surface area (Å²) in [7, 11) is 1.71. The van der Waals surface area contributed by atoms with E-state index >= 15 is 0 Å². The maximum absolute atomic E-state index is 12.7. The van der Waals surface area contributed by atoms with Crippen molar-refractivity contribution in [2.45, 2.75) is 12.3 Å². The van der Waals surface area contributed by atoms with Gasteiger partial charge in [-0.15, -0.1) is 0 Å². The summed E-state index contributed by atoms with van der Waals surface area (Å²) in [6.45, 7) is 0.682. The van der Waals surface area contributed by atoms with Gasteiger partial charge in [0, 0.05) is 30.9 Å². The average molecular weight is 398 g/mol. The molecule has 4 aromatic rings. The van der Waals surface area contributed by atoms with E-state index in [9.17, 15) is 9.59 Å². The van der Waals surface area contributed by atoms with Crippen LogP contribution in [0.5, 0.6) is 0 Å². The molecular weight excluding hydrogens is 376 g/mol. The van der Waals surface area contributed by atoms with Gasteiger partial charge < -0.3 is 5.32 Å². The van der Waals surface area contributed by atoms with Crippen molar-refractivity contribution < 1.29 is 4.79 Å². The Balaban J connectivity index is 1.30. The lowest BCUT2D eigenvalue weighted by molar-refractivity contribution is 0.0951. The molecule has 1 saturated carbocycles. The number of rotatable bonds is 5. The number of pyridine rings is 1. The summed E-state index contributed by atoms with van der Waals surface area (Å²) >= 11 is 0.